The summed E-state index contributed by atoms with van der Waals surface area (Å²) < 4.78 is 2.57. The number of hydrogen-bond acceptors (Lipinski definition) is 2. The molecule has 0 N–H and O–H groups in total. The van der Waals surface area contributed by atoms with Gasteiger partial charge in [-0.25, -0.2) is 0 Å². The standard InChI is InChI=1S/C60H41NS/c1-40-17-15-27-53-58(40)49-36-35-48(39-54(49)60(53,45-22-7-3-8-23-45)46-24-9-4-10-25-46)61(55-28-16-30-57-59(55)50-26-13-14-29-56(50)62-57)47-33-31-42(32-34-47)52-38-44-21-12-11-20-43(44)37-51(52)41-18-5-2-6-19-41/h2-39H,1H3. The molecule has 11 aromatic rings. The Hall–Kier alpha value is -7.52. The first kappa shape index (κ1) is 36.3. The second-order valence-electron chi connectivity index (χ2n) is 16.5. The molecule has 0 unspecified atom stereocenters. The van der Waals surface area contributed by atoms with Crippen LogP contribution in [0.5, 0.6) is 0 Å². The van der Waals surface area contributed by atoms with Crippen molar-refractivity contribution in [1.29, 1.82) is 0 Å². The van der Waals surface area contributed by atoms with Gasteiger partial charge in [0.2, 0.25) is 0 Å². The second kappa shape index (κ2) is 14.6. The highest BCUT2D eigenvalue weighted by atomic mass is 32.1. The van der Waals surface area contributed by atoms with Gasteiger partial charge >= 0.3 is 0 Å². The van der Waals surface area contributed by atoms with Crippen LogP contribution in [-0.2, 0) is 5.41 Å². The van der Waals surface area contributed by atoms with E-state index >= 15 is 0 Å². The number of thiophene rings is 1. The summed E-state index contributed by atoms with van der Waals surface area (Å²) in [4.78, 5) is 2.50. The lowest BCUT2D eigenvalue weighted by molar-refractivity contribution is 0.768. The average molecular weight is 808 g/mol. The molecule has 2 heteroatoms. The summed E-state index contributed by atoms with van der Waals surface area (Å²) in [6.07, 6.45) is 0. The lowest BCUT2D eigenvalue weighted by Gasteiger charge is -2.35. The third-order valence-electron chi connectivity index (χ3n) is 13.1. The monoisotopic (exact) mass is 807 g/mol. The van der Waals surface area contributed by atoms with Crippen molar-refractivity contribution < 1.29 is 0 Å². The van der Waals surface area contributed by atoms with Crippen LogP contribution in [0.3, 0.4) is 0 Å². The van der Waals surface area contributed by atoms with Crippen LogP contribution in [0.25, 0.3) is 64.3 Å². The molecule has 1 aliphatic carbocycles. The number of rotatable bonds is 7. The van der Waals surface area contributed by atoms with Crippen LogP contribution in [0.15, 0.2) is 231 Å². The van der Waals surface area contributed by atoms with Crippen molar-refractivity contribution in [2.45, 2.75) is 12.3 Å². The Balaban J connectivity index is 1.11. The molecule has 10 aromatic carbocycles. The maximum Gasteiger partial charge on any atom is 0.0714 e. The summed E-state index contributed by atoms with van der Waals surface area (Å²) in [5.41, 5.74) is 16.8. The number of fused-ring (bicyclic) bond motifs is 7. The average Bonchev–Trinajstić information content (AvgIpc) is 3.87. The Kier molecular flexibility index (Phi) is 8.55. The minimum atomic E-state index is -0.518. The molecule has 0 spiro atoms. The van der Waals surface area contributed by atoms with Gasteiger partial charge < -0.3 is 4.90 Å². The van der Waals surface area contributed by atoms with Crippen LogP contribution >= 0.6 is 11.3 Å². The molecule has 0 saturated carbocycles. The van der Waals surface area contributed by atoms with Crippen molar-refractivity contribution >= 4 is 59.3 Å². The number of nitrogens with zero attached hydrogens (tertiary/aromatic N) is 1. The van der Waals surface area contributed by atoms with E-state index in [4.69, 9.17) is 0 Å². The smallest absolute Gasteiger partial charge is 0.0714 e. The largest absolute Gasteiger partial charge is 0.310 e. The first-order valence-electron chi connectivity index (χ1n) is 21.4. The van der Waals surface area contributed by atoms with Crippen molar-refractivity contribution in [3.63, 3.8) is 0 Å². The lowest BCUT2D eigenvalue weighted by Crippen LogP contribution is -2.28. The predicted octanol–water partition coefficient (Wildman–Crippen LogP) is 16.7. The van der Waals surface area contributed by atoms with Gasteiger partial charge in [0.15, 0.2) is 0 Å². The van der Waals surface area contributed by atoms with E-state index in [9.17, 15) is 0 Å². The van der Waals surface area contributed by atoms with Gasteiger partial charge in [0, 0.05) is 31.5 Å². The van der Waals surface area contributed by atoms with E-state index in [2.05, 4.69) is 242 Å². The maximum absolute atomic E-state index is 2.50. The summed E-state index contributed by atoms with van der Waals surface area (Å²) in [6, 6.07) is 85.4. The molecular formula is C60H41NS. The van der Waals surface area contributed by atoms with Crippen LogP contribution in [0.2, 0.25) is 0 Å². The Labute approximate surface area is 366 Å². The normalized spacial score (nSPS) is 12.7. The van der Waals surface area contributed by atoms with Crippen LogP contribution in [0, 0.1) is 6.92 Å². The van der Waals surface area contributed by atoms with Crippen molar-refractivity contribution in [2.75, 3.05) is 4.90 Å². The Bertz CT molecular complexity index is 3420. The summed E-state index contributed by atoms with van der Waals surface area (Å²) >= 11 is 1.86. The van der Waals surface area contributed by atoms with Gasteiger partial charge in [-0.1, -0.05) is 176 Å². The molecule has 0 bridgehead atoms. The molecule has 0 fully saturated rings. The summed E-state index contributed by atoms with van der Waals surface area (Å²) in [6.45, 7) is 2.26. The summed E-state index contributed by atoms with van der Waals surface area (Å²) in [5, 5.41) is 5.03. The quantitative estimate of drug-likeness (QED) is 0.155. The molecule has 1 aliphatic rings. The van der Waals surface area contributed by atoms with Gasteiger partial charge in [0.05, 0.1) is 11.1 Å². The SMILES string of the molecule is Cc1cccc2c1-c1ccc(N(c3ccc(-c4cc5ccccc5cc4-c4ccccc4)cc3)c3cccc4sc5ccccc5c34)cc1C2(c1ccccc1)c1ccccc1. The van der Waals surface area contributed by atoms with E-state index < -0.39 is 5.41 Å². The first-order chi connectivity index (χ1) is 30.7. The zero-order valence-corrected chi connectivity index (χ0v) is 35.1. The minimum absolute atomic E-state index is 0.518. The minimum Gasteiger partial charge on any atom is -0.310 e. The lowest BCUT2D eigenvalue weighted by atomic mass is 9.67. The Morgan fingerprint density at radius 2 is 0.968 bits per heavy atom. The molecule has 0 aliphatic heterocycles. The molecule has 1 aromatic heterocycles. The topological polar surface area (TPSA) is 3.24 Å². The fourth-order valence-electron chi connectivity index (χ4n) is 10.3. The molecule has 292 valence electrons. The first-order valence-corrected chi connectivity index (χ1v) is 22.2. The van der Waals surface area contributed by atoms with Crippen LogP contribution < -0.4 is 4.90 Å². The molecule has 1 heterocycles. The van der Waals surface area contributed by atoms with Crippen LogP contribution in [0.4, 0.5) is 17.1 Å². The Morgan fingerprint density at radius 1 is 0.403 bits per heavy atom. The number of anilines is 3. The molecule has 62 heavy (non-hydrogen) atoms. The van der Waals surface area contributed by atoms with Gasteiger partial charge in [-0.2, -0.15) is 0 Å². The molecule has 0 atom stereocenters. The molecule has 0 saturated heterocycles. The van der Waals surface area contributed by atoms with E-state index in [1.54, 1.807) is 0 Å². The molecule has 12 rings (SSSR count). The molecular weight excluding hydrogens is 767 g/mol. The van der Waals surface area contributed by atoms with Gasteiger partial charge in [0.25, 0.3) is 0 Å². The highest BCUT2D eigenvalue weighted by Crippen LogP contribution is 2.58. The van der Waals surface area contributed by atoms with E-state index in [-0.39, 0.29) is 0 Å². The molecule has 0 radical (unpaired) electrons. The van der Waals surface area contributed by atoms with Crippen molar-refractivity contribution in [3.8, 4) is 33.4 Å². The van der Waals surface area contributed by atoms with Gasteiger partial charge in [-0.05, 0) is 133 Å². The third kappa shape index (κ3) is 5.61. The number of hydrogen-bond donors (Lipinski definition) is 0. The predicted molar refractivity (Wildman–Crippen MR) is 264 cm³/mol. The number of aryl methyl sites for hydroxylation is 1. The zero-order chi connectivity index (χ0) is 41.2. The second-order valence-corrected chi connectivity index (χ2v) is 17.5. The number of benzene rings is 10. The van der Waals surface area contributed by atoms with Crippen LogP contribution in [0.1, 0.15) is 27.8 Å². The third-order valence-corrected chi connectivity index (χ3v) is 14.2. The fourth-order valence-corrected chi connectivity index (χ4v) is 11.5. The van der Waals surface area contributed by atoms with Gasteiger partial charge in [-0.3, -0.25) is 0 Å². The van der Waals surface area contributed by atoms with Crippen LogP contribution in [-0.4, -0.2) is 0 Å². The summed E-state index contributed by atoms with van der Waals surface area (Å²) in [5.74, 6) is 0. The van der Waals surface area contributed by atoms with Gasteiger partial charge in [0.1, 0.15) is 0 Å². The summed E-state index contributed by atoms with van der Waals surface area (Å²) in [7, 11) is 0. The fraction of sp³-hybridized carbons (Fsp3) is 0.0333. The maximum atomic E-state index is 2.50. The Morgan fingerprint density at radius 3 is 1.66 bits per heavy atom. The van der Waals surface area contributed by atoms with E-state index in [0.29, 0.717) is 0 Å². The van der Waals surface area contributed by atoms with E-state index in [0.717, 1.165) is 11.4 Å². The van der Waals surface area contributed by atoms with Crippen molar-refractivity contribution in [2.24, 2.45) is 0 Å². The zero-order valence-electron chi connectivity index (χ0n) is 34.3. The molecule has 1 nitrogen and oxygen atoms in total. The highest BCUT2D eigenvalue weighted by Gasteiger charge is 2.47. The molecule has 0 amide bonds. The van der Waals surface area contributed by atoms with E-state index in [1.807, 2.05) is 11.3 Å². The highest BCUT2D eigenvalue weighted by molar-refractivity contribution is 7.26. The van der Waals surface area contributed by atoms with E-state index in [1.165, 1.54) is 97.8 Å². The van der Waals surface area contributed by atoms with Crippen molar-refractivity contribution in [1.82, 2.24) is 0 Å². The van der Waals surface area contributed by atoms with Crippen molar-refractivity contribution in [3.05, 3.63) is 258 Å². The van der Waals surface area contributed by atoms with Gasteiger partial charge in [-0.15, -0.1) is 11.3 Å².